The molecule has 2 aliphatic heterocycles. The summed E-state index contributed by atoms with van der Waals surface area (Å²) in [4.78, 5) is 26.5. The number of amides is 2. The highest BCUT2D eigenvalue weighted by atomic mass is 32.2. The van der Waals surface area contributed by atoms with Crippen LogP contribution in [-0.4, -0.2) is 49.1 Å². The van der Waals surface area contributed by atoms with E-state index in [0.29, 0.717) is 37.3 Å². The molecule has 0 aromatic heterocycles. The SMILES string of the molecule is O=C(Nc1cccc(S(=O)(=O)N2CCCCCC2)c1)c1ccc(CN2CCCC2=O)cc1. The number of rotatable bonds is 6. The van der Waals surface area contributed by atoms with Gasteiger partial charge in [0.25, 0.3) is 5.91 Å². The number of likely N-dealkylation sites (tertiary alicyclic amines) is 1. The van der Waals surface area contributed by atoms with Gasteiger partial charge in [-0.15, -0.1) is 0 Å². The Hall–Kier alpha value is -2.71. The van der Waals surface area contributed by atoms with E-state index in [0.717, 1.165) is 44.2 Å². The standard InChI is InChI=1S/C24H29N3O4S/c28-23-9-6-14-26(23)18-19-10-12-20(13-11-19)24(29)25-21-7-5-8-22(17-21)32(30,31)27-15-3-1-2-4-16-27/h5,7-8,10-13,17H,1-4,6,9,14-16,18H2,(H,25,29). The minimum absolute atomic E-state index is 0.168. The van der Waals surface area contributed by atoms with Gasteiger partial charge in [0.15, 0.2) is 0 Å². The summed E-state index contributed by atoms with van der Waals surface area (Å²) in [6.45, 7) is 2.40. The molecular weight excluding hydrogens is 426 g/mol. The molecule has 2 saturated heterocycles. The van der Waals surface area contributed by atoms with Gasteiger partial charge in [0, 0.05) is 43.9 Å². The Labute approximate surface area is 189 Å². The van der Waals surface area contributed by atoms with Gasteiger partial charge in [0.05, 0.1) is 4.90 Å². The highest BCUT2D eigenvalue weighted by molar-refractivity contribution is 7.89. The topological polar surface area (TPSA) is 86.8 Å². The van der Waals surface area contributed by atoms with E-state index in [4.69, 9.17) is 0 Å². The smallest absolute Gasteiger partial charge is 0.255 e. The molecule has 2 fully saturated rings. The molecule has 1 N–H and O–H groups in total. The first-order valence-electron chi connectivity index (χ1n) is 11.2. The number of hydrogen-bond acceptors (Lipinski definition) is 4. The predicted molar refractivity (Wildman–Crippen MR) is 123 cm³/mol. The van der Waals surface area contributed by atoms with Crippen LogP contribution in [0.3, 0.4) is 0 Å². The summed E-state index contributed by atoms with van der Waals surface area (Å²) in [5.74, 6) is -0.139. The third kappa shape index (κ3) is 5.19. The second-order valence-electron chi connectivity index (χ2n) is 8.42. The molecule has 2 amide bonds. The number of carbonyl (C=O) groups excluding carboxylic acids is 2. The molecular formula is C24H29N3O4S. The van der Waals surface area contributed by atoms with E-state index >= 15 is 0 Å². The number of sulfonamides is 1. The molecule has 0 spiro atoms. The summed E-state index contributed by atoms with van der Waals surface area (Å²) in [6.07, 6.45) is 5.35. The van der Waals surface area contributed by atoms with E-state index in [1.165, 1.54) is 6.07 Å². The molecule has 7 nitrogen and oxygen atoms in total. The predicted octanol–water partition coefficient (Wildman–Crippen LogP) is 3.63. The second kappa shape index (κ2) is 9.83. The first kappa shape index (κ1) is 22.5. The van der Waals surface area contributed by atoms with Gasteiger partial charge in [-0.25, -0.2) is 8.42 Å². The van der Waals surface area contributed by atoms with E-state index in [2.05, 4.69) is 5.32 Å². The number of carbonyl (C=O) groups is 2. The minimum Gasteiger partial charge on any atom is -0.338 e. The summed E-state index contributed by atoms with van der Waals surface area (Å²) in [7, 11) is -3.58. The average molecular weight is 456 g/mol. The van der Waals surface area contributed by atoms with E-state index in [-0.39, 0.29) is 16.7 Å². The van der Waals surface area contributed by atoms with Gasteiger partial charge in [-0.05, 0) is 55.2 Å². The fourth-order valence-electron chi connectivity index (χ4n) is 4.22. The van der Waals surface area contributed by atoms with Gasteiger partial charge in [0.1, 0.15) is 0 Å². The van der Waals surface area contributed by atoms with Crippen molar-refractivity contribution in [3.63, 3.8) is 0 Å². The quantitative estimate of drug-likeness (QED) is 0.721. The van der Waals surface area contributed by atoms with Crippen LogP contribution in [0.25, 0.3) is 0 Å². The Bertz CT molecular complexity index is 1070. The molecule has 2 aromatic rings. The van der Waals surface area contributed by atoms with Crippen molar-refractivity contribution >= 4 is 27.5 Å². The lowest BCUT2D eigenvalue weighted by molar-refractivity contribution is -0.128. The van der Waals surface area contributed by atoms with E-state index in [1.807, 2.05) is 17.0 Å². The van der Waals surface area contributed by atoms with Crippen molar-refractivity contribution in [2.24, 2.45) is 0 Å². The van der Waals surface area contributed by atoms with Gasteiger partial charge in [-0.1, -0.05) is 31.0 Å². The Morgan fingerprint density at radius 3 is 2.28 bits per heavy atom. The third-order valence-corrected chi connectivity index (χ3v) is 7.95. The molecule has 8 heteroatoms. The van der Waals surface area contributed by atoms with Crippen molar-refractivity contribution in [2.45, 2.75) is 50.0 Å². The molecule has 0 saturated carbocycles. The summed E-state index contributed by atoms with van der Waals surface area (Å²) >= 11 is 0. The maximum absolute atomic E-state index is 13.0. The van der Waals surface area contributed by atoms with Crippen LogP contribution < -0.4 is 5.32 Å². The highest BCUT2D eigenvalue weighted by Crippen LogP contribution is 2.23. The van der Waals surface area contributed by atoms with Crippen LogP contribution >= 0.6 is 0 Å². The van der Waals surface area contributed by atoms with Crippen LogP contribution in [0.15, 0.2) is 53.4 Å². The maximum Gasteiger partial charge on any atom is 0.255 e. The number of benzene rings is 2. The number of nitrogens with zero attached hydrogens (tertiary/aromatic N) is 2. The first-order chi connectivity index (χ1) is 15.4. The lowest BCUT2D eigenvalue weighted by Crippen LogP contribution is -2.32. The normalized spacial score (nSPS) is 17.9. The molecule has 0 atom stereocenters. The van der Waals surface area contributed by atoms with E-state index in [9.17, 15) is 18.0 Å². The molecule has 0 unspecified atom stereocenters. The molecule has 2 aliphatic rings. The zero-order valence-electron chi connectivity index (χ0n) is 18.1. The molecule has 0 radical (unpaired) electrons. The first-order valence-corrected chi connectivity index (χ1v) is 12.7. The zero-order chi connectivity index (χ0) is 22.6. The lowest BCUT2D eigenvalue weighted by Gasteiger charge is -2.20. The average Bonchev–Trinajstić information content (AvgIpc) is 3.02. The van der Waals surface area contributed by atoms with Crippen LogP contribution in [-0.2, 0) is 21.4 Å². The van der Waals surface area contributed by atoms with Crippen LogP contribution in [0, 0.1) is 0 Å². The van der Waals surface area contributed by atoms with Gasteiger partial charge in [0.2, 0.25) is 15.9 Å². The van der Waals surface area contributed by atoms with Gasteiger partial charge in [-0.2, -0.15) is 4.31 Å². The van der Waals surface area contributed by atoms with Crippen molar-refractivity contribution in [1.82, 2.24) is 9.21 Å². The summed E-state index contributed by atoms with van der Waals surface area (Å²) in [5, 5.41) is 2.80. The zero-order valence-corrected chi connectivity index (χ0v) is 18.9. The molecule has 170 valence electrons. The maximum atomic E-state index is 13.0. The minimum atomic E-state index is -3.58. The Kier molecular flexibility index (Phi) is 6.91. The van der Waals surface area contributed by atoms with Crippen LogP contribution in [0.2, 0.25) is 0 Å². The molecule has 4 rings (SSSR count). The number of anilines is 1. The fourth-order valence-corrected chi connectivity index (χ4v) is 5.79. The fraction of sp³-hybridized carbons (Fsp3) is 0.417. The van der Waals surface area contributed by atoms with Crippen molar-refractivity contribution in [2.75, 3.05) is 25.0 Å². The summed E-state index contributed by atoms with van der Waals surface area (Å²) in [5.41, 5.74) is 1.89. The van der Waals surface area contributed by atoms with Crippen molar-refractivity contribution < 1.29 is 18.0 Å². The second-order valence-corrected chi connectivity index (χ2v) is 10.4. The molecule has 2 aromatic carbocycles. The van der Waals surface area contributed by atoms with Gasteiger partial charge >= 0.3 is 0 Å². The summed E-state index contributed by atoms with van der Waals surface area (Å²) < 4.78 is 27.6. The molecule has 32 heavy (non-hydrogen) atoms. The van der Waals surface area contributed by atoms with Crippen LogP contribution in [0.1, 0.15) is 54.4 Å². The van der Waals surface area contributed by atoms with Crippen LogP contribution in [0.5, 0.6) is 0 Å². The van der Waals surface area contributed by atoms with E-state index < -0.39 is 10.0 Å². The molecule has 0 aliphatic carbocycles. The Morgan fingerprint density at radius 1 is 0.906 bits per heavy atom. The Morgan fingerprint density at radius 2 is 1.62 bits per heavy atom. The van der Waals surface area contributed by atoms with Crippen molar-refractivity contribution in [1.29, 1.82) is 0 Å². The van der Waals surface area contributed by atoms with E-state index in [1.54, 1.807) is 34.6 Å². The summed E-state index contributed by atoms with van der Waals surface area (Å²) in [6, 6.07) is 13.6. The van der Waals surface area contributed by atoms with Crippen molar-refractivity contribution in [3.05, 3.63) is 59.7 Å². The molecule has 0 bridgehead atoms. The van der Waals surface area contributed by atoms with Crippen molar-refractivity contribution in [3.8, 4) is 0 Å². The largest absolute Gasteiger partial charge is 0.338 e. The number of nitrogens with one attached hydrogen (secondary N) is 1. The number of hydrogen-bond donors (Lipinski definition) is 1. The Balaban J connectivity index is 1.42. The van der Waals surface area contributed by atoms with Gasteiger partial charge < -0.3 is 10.2 Å². The highest BCUT2D eigenvalue weighted by Gasteiger charge is 2.25. The monoisotopic (exact) mass is 455 g/mol. The van der Waals surface area contributed by atoms with Gasteiger partial charge in [-0.3, -0.25) is 9.59 Å². The molecule has 2 heterocycles. The lowest BCUT2D eigenvalue weighted by atomic mass is 10.1. The van der Waals surface area contributed by atoms with Crippen LogP contribution in [0.4, 0.5) is 5.69 Å². The third-order valence-electron chi connectivity index (χ3n) is 6.06.